The topological polar surface area (TPSA) is 47.6 Å². The fourth-order valence-corrected chi connectivity index (χ4v) is 1.32. The average Bonchev–Trinajstić information content (AvgIpc) is 2.36. The minimum absolute atomic E-state index is 0.345. The van der Waals surface area contributed by atoms with Gasteiger partial charge in [-0.05, 0) is 25.1 Å². The summed E-state index contributed by atoms with van der Waals surface area (Å²) in [5, 5.41) is 3.00. The van der Waals surface area contributed by atoms with Crippen molar-refractivity contribution in [3.8, 4) is 18.1 Å². The smallest absolute Gasteiger partial charge is 0.338 e. The fourth-order valence-electron chi connectivity index (χ4n) is 1.32. The van der Waals surface area contributed by atoms with Crippen molar-refractivity contribution in [1.82, 2.24) is 0 Å². The standard InChI is InChI=1S/C13H15NO3/c1-4-8-14-11-7-6-10(9-12(11)16-3)13(15)17-5-2/h1,6-7,9,14H,5,8H2,2-3H3. The number of carbonyl (C=O) groups excluding carboxylic acids is 1. The van der Waals surface area contributed by atoms with Crippen LogP contribution in [0.25, 0.3) is 0 Å². The van der Waals surface area contributed by atoms with E-state index in [0.717, 1.165) is 5.69 Å². The van der Waals surface area contributed by atoms with Crippen LogP contribution in [0.1, 0.15) is 17.3 Å². The molecular formula is C13H15NO3. The molecule has 0 bridgehead atoms. The lowest BCUT2D eigenvalue weighted by atomic mass is 10.2. The van der Waals surface area contributed by atoms with Crippen molar-refractivity contribution in [2.75, 3.05) is 25.6 Å². The summed E-state index contributed by atoms with van der Waals surface area (Å²) in [6.07, 6.45) is 5.16. The van der Waals surface area contributed by atoms with Crippen molar-refractivity contribution in [2.45, 2.75) is 6.92 Å². The maximum absolute atomic E-state index is 11.5. The zero-order valence-corrected chi connectivity index (χ0v) is 9.95. The van der Waals surface area contributed by atoms with Crippen molar-refractivity contribution in [2.24, 2.45) is 0 Å². The number of terminal acetylenes is 1. The Labute approximate surface area is 101 Å². The van der Waals surface area contributed by atoms with Crippen molar-refractivity contribution in [3.05, 3.63) is 23.8 Å². The molecule has 0 saturated carbocycles. The van der Waals surface area contributed by atoms with Crippen molar-refractivity contribution in [1.29, 1.82) is 0 Å². The molecule has 0 radical (unpaired) electrons. The second-order valence-electron chi connectivity index (χ2n) is 3.19. The molecule has 1 rings (SSSR count). The van der Waals surface area contributed by atoms with Crippen LogP contribution in [0.3, 0.4) is 0 Å². The van der Waals surface area contributed by atoms with Gasteiger partial charge in [-0.25, -0.2) is 4.79 Å². The van der Waals surface area contributed by atoms with Gasteiger partial charge in [0.2, 0.25) is 0 Å². The quantitative estimate of drug-likeness (QED) is 0.623. The van der Waals surface area contributed by atoms with E-state index >= 15 is 0 Å². The first-order valence-electron chi connectivity index (χ1n) is 5.25. The molecule has 0 aliphatic carbocycles. The highest BCUT2D eigenvalue weighted by atomic mass is 16.5. The van der Waals surface area contributed by atoms with Crippen LogP contribution in [-0.2, 0) is 4.74 Å². The predicted octanol–water partition coefficient (Wildman–Crippen LogP) is 1.92. The van der Waals surface area contributed by atoms with Crippen LogP contribution in [0.4, 0.5) is 5.69 Å². The van der Waals surface area contributed by atoms with Gasteiger partial charge in [0.15, 0.2) is 0 Å². The summed E-state index contributed by atoms with van der Waals surface area (Å²) in [6.45, 7) is 2.51. The molecule has 0 aliphatic rings. The molecule has 0 unspecified atom stereocenters. The van der Waals surface area contributed by atoms with E-state index in [-0.39, 0.29) is 5.97 Å². The molecule has 0 amide bonds. The summed E-state index contributed by atoms with van der Waals surface area (Å²) in [6, 6.07) is 5.03. The van der Waals surface area contributed by atoms with Crippen LogP contribution >= 0.6 is 0 Å². The van der Waals surface area contributed by atoms with E-state index in [1.807, 2.05) is 0 Å². The number of anilines is 1. The molecule has 0 atom stereocenters. The van der Waals surface area contributed by atoms with Gasteiger partial charge in [-0.2, -0.15) is 0 Å². The summed E-state index contributed by atoms with van der Waals surface area (Å²) in [5.74, 6) is 2.66. The van der Waals surface area contributed by atoms with E-state index in [0.29, 0.717) is 24.5 Å². The van der Waals surface area contributed by atoms with Crippen LogP contribution in [0.5, 0.6) is 5.75 Å². The third-order valence-corrected chi connectivity index (χ3v) is 2.09. The second kappa shape index (κ2) is 6.44. The number of rotatable bonds is 5. The zero-order valence-electron chi connectivity index (χ0n) is 9.95. The van der Waals surface area contributed by atoms with Crippen LogP contribution in [0.2, 0.25) is 0 Å². The van der Waals surface area contributed by atoms with Gasteiger partial charge in [0.25, 0.3) is 0 Å². The molecule has 0 heterocycles. The molecule has 1 N–H and O–H groups in total. The van der Waals surface area contributed by atoms with Crippen molar-refractivity contribution >= 4 is 11.7 Å². The van der Waals surface area contributed by atoms with E-state index in [2.05, 4.69) is 11.2 Å². The minimum atomic E-state index is -0.366. The molecule has 1 aromatic rings. The number of hydrogen-bond donors (Lipinski definition) is 1. The highest BCUT2D eigenvalue weighted by Gasteiger charge is 2.10. The van der Waals surface area contributed by atoms with Gasteiger partial charge in [-0.3, -0.25) is 0 Å². The van der Waals surface area contributed by atoms with Crippen LogP contribution in [0.15, 0.2) is 18.2 Å². The molecule has 1 aromatic carbocycles. The third-order valence-electron chi connectivity index (χ3n) is 2.09. The van der Waals surface area contributed by atoms with Gasteiger partial charge in [0.05, 0.1) is 31.5 Å². The van der Waals surface area contributed by atoms with Gasteiger partial charge in [0, 0.05) is 0 Å². The van der Waals surface area contributed by atoms with Crippen LogP contribution in [0, 0.1) is 12.3 Å². The van der Waals surface area contributed by atoms with Crippen LogP contribution in [-0.4, -0.2) is 26.2 Å². The molecule has 0 aromatic heterocycles. The van der Waals surface area contributed by atoms with E-state index in [9.17, 15) is 4.79 Å². The summed E-state index contributed by atoms with van der Waals surface area (Å²) in [4.78, 5) is 11.5. The first kappa shape index (κ1) is 12.9. The summed E-state index contributed by atoms with van der Waals surface area (Å²) < 4.78 is 10.1. The number of hydrogen-bond acceptors (Lipinski definition) is 4. The highest BCUT2D eigenvalue weighted by molar-refractivity contribution is 5.90. The summed E-state index contributed by atoms with van der Waals surface area (Å²) in [5.41, 5.74) is 1.20. The second-order valence-corrected chi connectivity index (χ2v) is 3.19. The Morgan fingerprint density at radius 3 is 2.88 bits per heavy atom. The molecule has 90 valence electrons. The summed E-state index contributed by atoms with van der Waals surface area (Å²) in [7, 11) is 1.53. The molecule has 0 fully saturated rings. The van der Waals surface area contributed by atoms with E-state index in [1.165, 1.54) is 7.11 Å². The predicted molar refractivity (Wildman–Crippen MR) is 66.3 cm³/mol. The number of ether oxygens (including phenoxy) is 2. The van der Waals surface area contributed by atoms with Gasteiger partial charge >= 0.3 is 5.97 Å². The summed E-state index contributed by atoms with van der Waals surface area (Å²) >= 11 is 0. The zero-order chi connectivity index (χ0) is 12.7. The Morgan fingerprint density at radius 2 is 2.29 bits per heavy atom. The highest BCUT2D eigenvalue weighted by Crippen LogP contribution is 2.25. The van der Waals surface area contributed by atoms with Crippen molar-refractivity contribution < 1.29 is 14.3 Å². The van der Waals surface area contributed by atoms with E-state index in [1.54, 1.807) is 25.1 Å². The number of carbonyl (C=O) groups is 1. The maximum Gasteiger partial charge on any atom is 0.338 e. The molecule has 0 saturated heterocycles. The lowest BCUT2D eigenvalue weighted by Crippen LogP contribution is -2.06. The SMILES string of the molecule is C#CCNc1ccc(C(=O)OCC)cc1OC. The Morgan fingerprint density at radius 1 is 1.53 bits per heavy atom. The Hall–Kier alpha value is -2.15. The molecular weight excluding hydrogens is 218 g/mol. The largest absolute Gasteiger partial charge is 0.495 e. The van der Waals surface area contributed by atoms with E-state index < -0.39 is 0 Å². The Kier molecular flexibility index (Phi) is 4.89. The van der Waals surface area contributed by atoms with Gasteiger partial charge in [-0.15, -0.1) is 6.42 Å². The Bertz CT molecular complexity index is 435. The number of esters is 1. The number of benzene rings is 1. The van der Waals surface area contributed by atoms with Gasteiger partial charge in [0.1, 0.15) is 5.75 Å². The maximum atomic E-state index is 11.5. The number of methoxy groups -OCH3 is 1. The van der Waals surface area contributed by atoms with Crippen molar-refractivity contribution in [3.63, 3.8) is 0 Å². The van der Waals surface area contributed by atoms with Gasteiger partial charge < -0.3 is 14.8 Å². The lowest BCUT2D eigenvalue weighted by Gasteiger charge is -2.10. The normalized spacial score (nSPS) is 9.24. The molecule has 4 heteroatoms. The first-order chi connectivity index (χ1) is 8.22. The molecule has 4 nitrogen and oxygen atoms in total. The average molecular weight is 233 g/mol. The lowest BCUT2D eigenvalue weighted by molar-refractivity contribution is 0.0526. The minimum Gasteiger partial charge on any atom is -0.495 e. The fraction of sp³-hybridized carbons (Fsp3) is 0.308. The first-order valence-corrected chi connectivity index (χ1v) is 5.25. The van der Waals surface area contributed by atoms with Crippen LogP contribution < -0.4 is 10.1 Å². The van der Waals surface area contributed by atoms with Gasteiger partial charge in [-0.1, -0.05) is 5.92 Å². The Balaban J connectivity index is 2.92. The molecule has 17 heavy (non-hydrogen) atoms. The molecule has 0 spiro atoms. The molecule has 0 aliphatic heterocycles. The number of nitrogens with one attached hydrogen (secondary N) is 1. The monoisotopic (exact) mass is 233 g/mol. The third kappa shape index (κ3) is 3.42. The van der Waals surface area contributed by atoms with E-state index in [4.69, 9.17) is 15.9 Å².